The van der Waals surface area contributed by atoms with Crippen LogP contribution in [0.25, 0.3) is 0 Å². The van der Waals surface area contributed by atoms with Gasteiger partial charge in [0.05, 0.1) is 12.3 Å². The van der Waals surface area contributed by atoms with Crippen molar-refractivity contribution in [3.63, 3.8) is 0 Å². The van der Waals surface area contributed by atoms with Gasteiger partial charge in [-0.2, -0.15) is 5.10 Å². The van der Waals surface area contributed by atoms with Gasteiger partial charge in [-0.25, -0.2) is 0 Å². The maximum absolute atomic E-state index is 10.6. The van der Waals surface area contributed by atoms with Crippen LogP contribution >= 0.6 is 0 Å². The number of likely N-dealkylation sites (N-methyl/N-ethyl adjacent to an activating group) is 1. The number of hydrogen-bond acceptors (Lipinski definition) is 3. The van der Waals surface area contributed by atoms with Crippen LogP contribution < -0.4 is 0 Å². The van der Waals surface area contributed by atoms with E-state index in [0.717, 1.165) is 28.8 Å². The molecule has 1 heterocycles. The number of hydrogen-bond donors (Lipinski definition) is 1. The quantitative estimate of drug-likeness (QED) is 0.918. The molecular weight excluding hydrogens is 262 g/mol. The first kappa shape index (κ1) is 15.7. The number of aliphatic hydroxyl groups is 1. The number of aryl methyl sites for hydroxylation is 4. The van der Waals surface area contributed by atoms with E-state index in [9.17, 15) is 5.11 Å². The van der Waals surface area contributed by atoms with E-state index in [1.807, 2.05) is 26.5 Å². The molecule has 0 spiro atoms. The minimum absolute atomic E-state index is 0.465. The van der Waals surface area contributed by atoms with Gasteiger partial charge < -0.3 is 5.11 Å². The molecular formula is C17H25N3O. The standard InChI is InChI=1S/C17H25N3O/c1-12-6-13(2)17(14(3)7-12)16(21)11-19(4)9-15-8-18-20(5)10-15/h6-8,10,16,21H,9,11H2,1-5H3. The third kappa shape index (κ3) is 3.93. The first-order valence-corrected chi connectivity index (χ1v) is 7.28. The predicted molar refractivity (Wildman–Crippen MR) is 85.2 cm³/mol. The zero-order valence-corrected chi connectivity index (χ0v) is 13.6. The van der Waals surface area contributed by atoms with Gasteiger partial charge in [-0.05, 0) is 44.5 Å². The van der Waals surface area contributed by atoms with Crippen LogP contribution in [0.5, 0.6) is 0 Å². The molecule has 1 N–H and O–H groups in total. The van der Waals surface area contributed by atoms with E-state index in [2.05, 4.69) is 42.9 Å². The normalized spacial score (nSPS) is 12.9. The van der Waals surface area contributed by atoms with Crippen molar-refractivity contribution in [3.05, 3.63) is 52.3 Å². The molecule has 0 aliphatic carbocycles. The highest BCUT2D eigenvalue weighted by Crippen LogP contribution is 2.24. The molecule has 1 unspecified atom stereocenters. The largest absolute Gasteiger partial charge is 0.387 e. The molecule has 114 valence electrons. The molecule has 0 radical (unpaired) electrons. The van der Waals surface area contributed by atoms with E-state index in [1.54, 1.807) is 4.68 Å². The molecule has 0 bridgehead atoms. The van der Waals surface area contributed by atoms with Crippen molar-refractivity contribution >= 4 is 0 Å². The van der Waals surface area contributed by atoms with Gasteiger partial charge in [0.25, 0.3) is 0 Å². The fraction of sp³-hybridized carbons (Fsp3) is 0.471. The SMILES string of the molecule is Cc1cc(C)c(C(O)CN(C)Cc2cnn(C)c2)c(C)c1. The summed E-state index contributed by atoms with van der Waals surface area (Å²) in [6.45, 7) is 7.62. The monoisotopic (exact) mass is 287 g/mol. The Kier molecular flexibility index (Phi) is 4.80. The Bertz CT molecular complexity index is 595. The molecule has 0 aliphatic rings. The second-order valence-corrected chi connectivity index (χ2v) is 6.05. The fourth-order valence-corrected chi connectivity index (χ4v) is 3.03. The van der Waals surface area contributed by atoms with Gasteiger partial charge in [0.15, 0.2) is 0 Å². The summed E-state index contributed by atoms with van der Waals surface area (Å²) in [5, 5.41) is 14.7. The topological polar surface area (TPSA) is 41.3 Å². The zero-order chi connectivity index (χ0) is 15.6. The van der Waals surface area contributed by atoms with Gasteiger partial charge in [-0.15, -0.1) is 0 Å². The van der Waals surface area contributed by atoms with Gasteiger partial charge in [0, 0.05) is 31.9 Å². The molecule has 0 saturated heterocycles. The lowest BCUT2D eigenvalue weighted by Gasteiger charge is -2.23. The summed E-state index contributed by atoms with van der Waals surface area (Å²) < 4.78 is 1.80. The van der Waals surface area contributed by atoms with Crippen LogP contribution in [0.4, 0.5) is 0 Å². The number of nitrogens with zero attached hydrogens (tertiary/aromatic N) is 3. The summed E-state index contributed by atoms with van der Waals surface area (Å²) in [7, 11) is 3.94. The van der Waals surface area contributed by atoms with Gasteiger partial charge in [-0.1, -0.05) is 17.7 Å². The van der Waals surface area contributed by atoms with E-state index in [1.165, 1.54) is 5.56 Å². The Morgan fingerprint density at radius 3 is 2.38 bits per heavy atom. The summed E-state index contributed by atoms with van der Waals surface area (Å²) in [4.78, 5) is 2.13. The Labute approximate surface area is 127 Å². The van der Waals surface area contributed by atoms with Crippen molar-refractivity contribution in [2.45, 2.75) is 33.4 Å². The molecule has 1 aromatic carbocycles. The molecule has 0 aliphatic heterocycles. The summed E-state index contributed by atoms with van der Waals surface area (Å²) in [5.74, 6) is 0. The highest BCUT2D eigenvalue weighted by atomic mass is 16.3. The molecule has 2 aromatic rings. The van der Waals surface area contributed by atoms with Crippen LogP contribution in [0.2, 0.25) is 0 Å². The van der Waals surface area contributed by atoms with Gasteiger partial charge in [-0.3, -0.25) is 9.58 Å². The maximum atomic E-state index is 10.6. The van der Waals surface area contributed by atoms with Crippen LogP contribution in [-0.4, -0.2) is 33.4 Å². The molecule has 4 heteroatoms. The highest BCUT2D eigenvalue weighted by Gasteiger charge is 2.16. The second-order valence-electron chi connectivity index (χ2n) is 6.05. The van der Waals surface area contributed by atoms with Gasteiger partial charge in [0.2, 0.25) is 0 Å². The van der Waals surface area contributed by atoms with Crippen LogP contribution in [-0.2, 0) is 13.6 Å². The van der Waals surface area contributed by atoms with E-state index in [-0.39, 0.29) is 0 Å². The third-order valence-electron chi connectivity index (χ3n) is 3.77. The smallest absolute Gasteiger partial charge is 0.0922 e. The number of benzene rings is 1. The van der Waals surface area contributed by atoms with Crippen molar-refractivity contribution in [1.82, 2.24) is 14.7 Å². The summed E-state index contributed by atoms with van der Waals surface area (Å²) >= 11 is 0. The van der Waals surface area contributed by atoms with Crippen molar-refractivity contribution < 1.29 is 5.11 Å². The fourth-order valence-electron chi connectivity index (χ4n) is 3.03. The van der Waals surface area contributed by atoms with Crippen molar-refractivity contribution in [1.29, 1.82) is 0 Å². The minimum Gasteiger partial charge on any atom is -0.387 e. The minimum atomic E-state index is -0.465. The predicted octanol–water partition coefficient (Wildman–Crippen LogP) is 2.51. The van der Waals surface area contributed by atoms with Crippen LogP contribution in [0, 0.1) is 20.8 Å². The summed E-state index contributed by atoms with van der Waals surface area (Å²) in [6.07, 6.45) is 3.41. The zero-order valence-electron chi connectivity index (χ0n) is 13.6. The van der Waals surface area contributed by atoms with E-state index in [0.29, 0.717) is 6.54 Å². The molecule has 4 nitrogen and oxygen atoms in total. The highest BCUT2D eigenvalue weighted by molar-refractivity contribution is 5.39. The van der Waals surface area contributed by atoms with E-state index in [4.69, 9.17) is 0 Å². The number of aliphatic hydroxyl groups excluding tert-OH is 1. The Morgan fingerprint density at radius 1 is 1.24 bits per heavy atom. The first-order chi connectivity index (χ1) is 9.86. The van der Waals surface area contributed by atoms with Crippen molar-refractivity contribution in [2.75, 3.05) is 13.6 Å². The van der Waals surface area contributed by atoms with E-state index < -0.39 is 6.10 Å². The third-order valence-corrected chi connectivity index (χ3v) is 3.77. The lowest BCUT2D eigenvalue weighted by Crippen LogP contribution is -2.25. The number of aromatic nitrogens is 2. The average molecular weight is 287 g/mol. The Morgan fingerprint density at radius 2 is 1.86 bits per heavy atom. The summed E-state index contributed by atoms with van der Waals surface area (Å²) in [6, 6.07) is 4.26. The van der Waals surface area contributed by atoms with E-state index >= 15 is 0 Å². The maximum Gasteiger partial charge on any atom is 0.0922 e. The van der Waals surface area contributed by atoms with Gasteiger partial charge in [0.1, 0.15) is 0 Å². The molecule has 0 amide bonds. The van der Waals surface area contributed by atoms with Gasteiger partial charge >= 0.3 is 0 Å². The Balaban J connectivity index is 2.05. The Hall–Kier alpha value is -1.65. The lowest BCUT2D eigenvalue weighted by molar-refractivity contribution is 0.122. The molecule has 21 heavy (non-hydrogen) atoms. The summed E-state index contributed by atoms with van der Waals surface area (Å²) in [5.41, 5.74) is 5.78. The number of rotatable bonds is 5. The molecule has 1 aromatic heterocycles. The lowest BCUT2D eigenvalue weighted by atomic mass is 9.95. The second kappa shape index (κ2) is 6.41. The average Bonchev–Trinajstić information content (AvgIpc) is 2.72. The van der Waals surface area contributed by atoms with Crippen LogP contribution in [0.1, 0.15) is 33.9 Å². The molecule has 2 rings (SSSR count). The van der Waals surface area contributed by atoms with Crippen molar-refractivity contribution in [2.24, 2.45) is 7.05 Å². The molecule has 0 fully saturated rings. The first-order valence-electron chi connectivity index (χ1n) is 7.28. The van der Waals surface area contributed by atoms with Crippen LogP contribution in [0.3, 0.4) is 0 Å². The van der Waals surface area contributed by atoms with Crippen LogP contribution in [0.15, 0.2) is 24.5 Å². The van der Waals surface area contributed by atoms with Crippen molar-refractivity contribution in [3.8, 4) is 0 Å². The molecule has 1 atom stereocenters. The molecule has 0 saturated carbocycles.